The fourth-order valence-corrected chi connectivity index (χ4v) is 6.95. The molecule has 6 aromatic carbocycles. The Morgan fingerprint density at radius 2 is 0.526 bits per heavy atom. The summed E-state index contributed by atoms with van der Waals surface area (Å²) in [6.45, 7) is 1.92. The molecule has 0 aliphatic carbocycles. The van der Waals surface area contributed by atoms with E-state index >= 15 is 0 Å². The number of aryl methyl sites for hydroxylation is 2. The van der Waals surface area contributed by atoms with Gasteiger partial charge in [0.1, 0.15) is 0 Å². The molecule has 0 unspecified atom stereocenters. The van der Waals surface area contributed by atoms with E-state index in [1.165, 1.54) is 22.3 Å². The third kappa shape index (κ3) is 9.69. The molecule has 0 fully saturated rings. The first-order chi connectivity index (χ1) is 28.2. The van der Waals surface area contributed by atoms with Crippen LogP contribution in [-0.4, -0.2) is 0 Å². The second-order valence-corrected chi connectivity index (χ2v) is 14.0. The van der Waals surface area contributed by atoms with Crippen LogP contribution in [-0.2, 0) is 13.1 Å². The number of pyridine rings is 2. The van der Waals surface area contributed by atoms with Crippen LogP contribution in [0.1, 0.15) is 28.7 Å². The van der Waals surface area contributed by atoms with E-state index in [-0.39, 0.29) is 0 Å². The van der Waals surface area contributed by atoms with Gasteiger partial charge in [-0.05, 0) is 95.1 Å². The summed E-state index contributed by atoms with van der Waals surface area (Å²) in [4.78, 5) is 4.56. The maximum Gasteiger partial charge on any atom is 0.169 e. The molecule has 0 N–H and O–H groups in total. The molecule has 276 valence electrons. The van der Waals surface area contributed by atoms with E-state index < -0.39 is 0 Å². The average Bonchev–Trinajstić information content (AvgIpc) is 3.28. The van der Waals surface area contributed by atoms with Gasteiger partial charge < -0.3 is 9.80 Å². The minimum absolute atomic E-state index is 0.960. The lowest BCUT2D eigenvalue weighted by Crippen LogP contribution is -2.38. The molecular formula is C53H46N4+2. The van der Waals surface area contributed by atoms with Crippen LogP contribution in [0.2, 0.25) is 0 Å². The fraction of sp³-hybridized carbons (Fsp3) is 0.0566. The summed E-state index contributed by atoms with van der Waals surface area (Å²) < 4.78 is 4.52. The first-order valence-corrected chi connectivity index (χ1v) is 19.6. The minimum Gasteiger partial charge on any atom is -0.311 e. The van der Waals surface area contributed by atoms with Crippen LogP contribution in [0.4, 0.5) is 34.1 Å². The van der Waals surface area contributed by atoms with E-state index in [4.69, 9.17) is 0 Å². The van der Waals surface area contributed by atoms with Crippen molar-refractivity contribution < 1.29 is 9.13 Å². The van der Waals surface area contributed by atoms with Crippen molar-refractivity contribution in [1.29, 1.82) is 0 Å². The van der Waals surface area contributed by atoms with Crippen molar-refractivity contribution in [2.24, 2.45) is 0 Å². The zero-order valence-electron chi connectivity index (χ0n) is 32.0. The summed E-state index contributed by atoms with van der Waals surface area (Å²) in [6.07, 6.45) is 18.4. The molecule has 0 amide bonds. The molecule has 0 bridgehead atoms. The van der Waals surface area contributed by atoms with Gasteiger partial charge in [0.15, 0.2) is 37.9 Å². The van der Waals surface area contributed by atoms with Gasteiger partial charge in [0.05, 0.1) is 6.42 Å². The van der Waals surface area contributed by atoms with E-state index in [0.29, 0.717) is 0 Å². The van der Waals surface area contributed by atoms with Crippen molar-refractivity contribution in [3.63, 3.8) is 0 Å². The van der Waals surface area contributed by atoms with Gasteiger partial charge in [-0.2, -0.15) is 0 Å². The molecule has 2 heterocycles. The first-order valence-electron chi connectivity index (χ1n) is 19.6. The Bertz CT molecular complexity index is 2220. The first kappa shape index (κ1) is 36.7. The maximum atomic E-state index is 2.28. The Hall–Kier alpha value is -7.30. The number of rotatable bonds is 14. The molecule has 0 atom stereocenters. The highest BCUT2D eigenvalue weighted by molar-refractivity contribution is 5.79. The van der Waals surface area contributed by atoms with Crippen LogP contribution in [0.3, 0.4) is 0 Å². The Kier molecular flexibility index (Phi) is 11.8. The third-order valence-corrected chi connectivity index (χ3v) is 9.96. The molecule has 0 spiro atoms. The summed E-state index contributed by atoms with van der Waals surface area (Å²) in [5, 5.41) is 0. The topological polar surface area (TPSA) is 14.2 Å². The van der Waals surface area contributed by atoms with Gasteiger partial charge in [0.2, 0.25) is 0 Å². The summed E-state index contributed by atoms with van der Waals surface area (Å²) in [5.41, 5.74) is 11.5. The van der Waals surface area contributed by atoms with E-state index in [0.717, 1.165) is 53.6 Å². The van der Waals surface area contributed by atoms with Crippen LogP contribution in [0.15, 0.2) is 219 Å². The SMILES string of the molecule is C(=C\c1cc[n+](CCC[n+]2ccc(/C=C/c3ccc(N(c4ccccc4)c4ccccc4)cc3)cc2)cc1)/c1ccc(N(c2ccccc2)c2ccccc2)cc1. The van der Waals surface area contributed by atoms with Gasteiger partial charge in [-0.15, -0.1) is 0 Å². The zero-order valence-corrected chi connectivity index (χ0v) is 32.0. The Labute approximate surface area is 336 Å². The van der Waals surface area contributed by atoms with E-state index in [9.17, 15) is 0 Å². The molecular weight excluding hydrogens is 693 g/mol. The summed E-state index contributed by atoms with van der Waals surface area (Å²) in [7, 11) is 0. The number of benzene rings is 6. The van der Waals surface area contributed by atoms with E-state index in [1.54, 1.807) is 0 Å². The lowest BCUT2D eigenvalue weighted by Gasteiger charge is -2.25. The largest absolute Gasteiger partial charge is 0.311 e. The van der Waals surface area contributed by atoms with Gasteiger partial charge in [-0.25, -0.2) is 9.13 Å². The van der Waals surface area contributed by atoms with Crippen molar-refractivity contribution in [2.75, 3.05) is 9.80 Å². The number of para-hydroxylation sites is 4. The second-order valence-electron chi connectivity index (χ2n) is 14.0. The number of anilines is 6. The predicted molar refractivity (Wildman–Crippen MR) is 238 cm³/mol. The molecule has 0 saturated heterocycles. The summed E-state index contributed by atoms with van der Waals surface area (Å²) >= 11 is 0. The standard InChI is InChI=1S/C53H46N4/c1-5-14-48(15-6-1)56(49-16-7-2-8-17-49)52-30-26-44(27-31-52)22-24-46-34-40-54(41-35-46)38-13-39-55-42-36-47(37-43-55)25-23-45-28-32-53(33-29-45)57(50-18-9-3-10-19-50)51-20-11-4-12-21-51/h1-12,14-37,40-43H,13,38-39H2/q+2. The molecule has 8 rings (SSSR count). The van der Waals surface area contributed by atoms with Crippen molar-refractivity contribution in [3.05, 3.63) is 241 Å². The maximum absolute atomic E-state index is 2.28. The molecule has 8 aromatic rings. The van der Waals surface area contributed by atoms with Crippen LogP contribution < -0.4 is 18.9 Å². The van der Waals surface area contributed by atoms with Crippen LogP contribution in [0.5, 0.6) is 0 Å². The highest BCUT2D eigenvalue weighted by Crippen LogP contribution is 2.35. The van der Waals surface area contributed by atoms with Crippen LogP contribution >= 0.6 is 0 Å². The molecule has 0 aliphatic rings. The van der Waals surface area contributed by atoms with Crippen molar-refractivity contribution in [1.82, 2.24) is 0 Å². The summed E-state index contributed by atoms with van der Waals surface area (Å²) in [6, 6.07) is 68.2. The van der Waals surface area contributed by atoms with Gasteiger partial charge in [-0.1, -0.05) is 121 Å². The van der Waals surface area contributed by atoms with Gasteiger partial charge in [-0.3, -0.25) is 0 Å². The zero-order chi connectivity index (χ0) is 38.5. The number of aromatic nitrogens is 2. The minimum atomic E-state index is 0.960. The molecule has 4 nitrogen and oxygen atoms in total. The predicted octanol–water partition coefficient (Wildman–Crippen LogP) is 12.6. The smallest absolute Gasteiger partial charge is 0.169 e. The molecule has 0 aliphatic heterocycles. The van der Waals surface area contributed by atoms with Gasteiger partial charge in [0.25, 0.3) is 0 Å². The molecule has 57 heavy (non-hydrogen) atoms. The Morgan fingerprint density at radius 3 is 0.807 bits per heavy atom. The highest BCUT2D eigenvalue weighted by Gasteiger charge is 2.13. The third-order valence-electron chi connectivity index (χ3n) is 9.96. The number of hydrogen-bond donors (Lipinski definition) is 0. The summed E-state index contributed by atoms with van der Waals surface area (Å²) in [5.74, 6) is 0. The second kappa shape index (κ2) is 18.4. The van der Waals surface area contributed by atoms with Crippen LogP contribution in [0.25, 0.3) is 24.3 Å². The van der Waals surface area contributed by atoms with Crippen molar-refractivity contribution in [3.8, 4) is 0 Å². The monoisotopic (exact) mass is 738 g/mol. The Morgan fingerprint density at radius 1 is 0.281 bits per heavy atom. The van der Waals surface area contributed by atoms with Gasteiger partial charge in [0, 0.05) is 58.4 Å². The fourth-order valence-electron chi connectivity index (χ4n) is 6.95. The van der Waals surface area contributed by atoms with E-state index in [1.807, 2.05) is 0 Å². The highest BCUT2D eigenvalue weighted by atomic mass is 15.1. The molecule has 0 saturated carbocycles. The normalized spacial score (nSPS) is 11.2. The van der Waals surface area contributed by atoms with E-state index in [2.05, 4.69) is 262 Å². The lowest BCUT2D eigenvalue weighted by molar-refractivity contribution is -0.726. The van der Waals surface area contributed by atoms with Crippen molar-refractivity contribution in [2.45, 2.75) is 19.5 Å². The number of nitrogens with zero attached hydrogens (tertiary/aromatic N) is 4. The lowest BCUT2D eigenvalue weighted by atomic mass is 10.1. The molecule has 0 radical (unpaired) electrons. The molecule has 4 heteroatoms. The average molecular weight is 739 g/mol. The van der Waals surface area contributed by atoms with Gasteiger partial charge >= 0.3 is 0 Å². The Balaban J connectivity index is 0.819. The molecule has 2 aromatic heterocycles. The number of hydrogen-bond acceptors (Lipinski definition) is 2. The van der Waals surface area contributed by atoms with Crippen LogP contribution in [0, 0.1) is 0 Å². The van der Waals surface area contributed by atoms with Crippen molar-refractivity contribution >= 4 is 58.4 Å². The quantitative estimate of drug-likeness (QED) is 0.103.